The molecule has 0 bridgehead atoms. The van der Waals surface area contributed by atoms with Gasteiger partial charge in [0.2, 0.25) is 0 Å². The molecule has 0 unspecified atom stereocenters. The van der Waals surface area contributed by atoms with Crippen LogP contribution in [-0.2, 0) is 0 Å². The van der Waals surface area contributed by atoms with Crippen LogP contribution in [0.25, 0.3) is 0 Å². The molecule has 88 valence electrons. The number of hydrogen-bond acceptors (Lipinski definition) is 0. The normalized spacial score (nSPS) is 21.7. The van der Waals surface area contributed by atoms with Crippen molar-refractivity contribution < 1.29 is 0 Å². The predicted molar refractivity (Wildman–Crippen MR) is 69.1 cm³/mol. The van der Waals surface area contributed by atoms with Gasteiger partial charge in [-0.3, -0.25) is 0 Å². The second-order valence-corrected chi connectivity index (χ2v) is 5.47. The number of allylic oxidation sites excluding steroid dienone is 2. The van der Waals surface area contributed by atoms with E-state index in [2.05, 4.69) is 26.0 Å². The minimum atomic E-state index is 0.530. The number of hydrogen-bond donors (Lipinski definition) is 0. The Labute approximate surface area is 96.2 Å². The lowest BCUT2D eigenvalue weighted by Crippen LogP contribution is -2.11. The van der Waals surface area contributed by atoms with E-state index in [0.29, 0.717) is 5.41 Å². The second kappa shape index (κ2) is 7.09. The molecule has 0 aromatic carbocycles. The summed E-state index contributed by atoms with van der Waals surface area (Å²) in [6.45, 7) is 4.73. The van der Waals surface area contributed by atoms with Gasteiger partial charge in [0.05, 0.1) is 0 Å². The van der Waals surface area contributed by atoms with Gasteiger partial charge in [-0.15, -0.1) is 0 Å². The first-order valence-electron chi connectivity index (χ1n) is 6.94. The van der Waals surface area contributed by atoms with E-state index < -0.39 is 0 Å². The van der Waals surface area contributed by atoms with Crippen LogP contribution in [0.4, 0.5) is 0 Å². The lowest BCUT2D eigenvalue weighted by atomic mass is 9.82. The van der Waals surface area contributed by atoms with Crippen molar-refractivity contribution in [3.63, 3.8) is 0 Å². The van der Waals surface area contributed by atoms with E-state index in [0.717, 1.165) is 0 Å². The molecule has 0 saturated heterocycles. The van der Waals surface area contributed by atoms with Gasteiger partial charge in [0.1, 0.15) is 0 Å². The molecule has 0 atom stereocenters. The number of rotatable bonds is 5. The lowest BCUT2D eigenvalue weighted by molar-refractivity contribution is 0.367. The summed E-state index contributed by atoms with van der Waals surface area (Å²) >= 11 is 0. The summed E-state index contributed by atoms with van der Waals surface area (Å²) < 4.78 is 0. The summed E-state index contributed by atoms with van der Waals surface area (Å²) in [5, 5.41) is 0. The van der Waals surface area contributed by atoms with E-state index in [1.807, 2.05) is 0 Å². The Bertz CT molecular complexity index is 170. The van der Waals surface area contributed by atoms with E-state index in [4.69, 9.17) is 0 Å². The monoisotopic (exact) mass is 208 g/mol. The molecule has 0 heteroatoms. The lowest BCUT2D eigenvalue weighted by Gasteiger charge is -2.23. The average Bonchev–Trinajstić information content (AvgIpc) is 2.43. The van der Waals surface area contributed by atoms with Crippen LogP contribution in [0.2, 0.25) is 0 Å². The van der Waals surface area contributed by atoms with Crippen molar-refractivity contribution >= 4 is 0 Å². The molecule has 0 radical (unpaired) electrons. The van der Waals surface area contributed by atoms with E-state index in [1.54, 1.807) is 0 Å². The van der Waals surface area contributed by atoms with Gasteiger partial charge >= 0.3 is 0 Å². The zero-order chi connectivity index (χ0) is 11.0. The third-order valence-corrected chi connectivity index (χ3v) is 3.74. The first-order valence-corrected chi connectivity index (χ1v) is 6.94. The summed E-state index contributed by atoms with van der Waals surface area (Å²) in [7, 11) is 0. The van der Waals surface area contributed by atoms with Gasteiger partial charge in [-0.1, -0.05) is 64.5 Å². The Morgan fingerprint density at radius 2 is 1.67 bits per heavy atom. The fourth-order valence-electron chi connectivity index (χ4n) is 2.58. The van der Waals surface area contributed by atoms with Crippen molar-refractivity contribution in [2.24, 2.45) is 5.41 Å². The molecule has 0 spiro atoms. The van der Waals surface area contributed by atoms with E-state index in [1.165, 1.54) is 64.2 Å². The second-order valence-electron chi connectivity index (χ2n) is 5.47. The molecule has 1 rings (SSSR count). The molecular weight excluding hydrogens is 180 g/mol. The van der Waals surface area contributed by atoms with Crippen molar-refractivity contribution in [1.29, 1.82) is 0 Å². The van der Waals surface area contributed by atoms with Crippen molar-refractivity contribution in [3.05, 3.63) is 12.2 Å². The predicted octanol–water partition coefficient (Wildman–Crippen LogP) is 5.48. The Balaban J connectivity index is 2.26. The van der Waals surface area contributed by atoms with Crippen molar-refractivity contribution in [2.45, 2.75) is 78.1 Å². The van der Waals surface area contributed by atoms with E-state index >= 15 is 0 Å². The number of unbranched alkanes of at least 4 members (excludes halogenated alkanes) is 3. The van der Waals surface area contributed by atoms with Gasteiger partial charge in [0, 0.05) is 0 Å². The molecule has 0 heterocycles. The fourth-order valence-corrected chi connectivity index (χ4v) is 2.58. The van der Waals surface area contributed by atoms with Crippen molar-refractivity contribution in [3.8, 4) is 0 Å². The molecular formula is C15H28. The highest BCUT2D eigenvalue weighted by Gasteiger charge is 2.21. The van der Waals surface area contributed by atoms with Crippen molar-refractivity contribution in [1.82, 2.24) is 0 Å². The maximum atomic E-state index is 2.52. The molecule has 1 aliphatic rings. The maximum Gasteiger partial charge on any atom is -0.0147 e. The van der Waals surface area contributed by atoms with E-state index in [9.17, 15) is 0 Å². The summed E-state index contributed by atoms with van der Waals surface area (Å²) in [6, 6.07) is 0. The average molecular weight is 208 g/mol. The Hall–Kier alpha value is -0.260. The van der Waals surface area contributed by atoms with Crippen LogP contribution in [0.15, 0.2) is 12.2 Å². The highest BCUT2D eigenvalue weighted by atomic mass is 14.3. The first kappa shape index (κ1) is 12.8. The van der Waals surface area contributed by atoms with Gasteiger partial charge in [-0.25, -0.2) is 0 Å². The van der Waals surface area contributed by atoms with Crippen LogP contribution < -0.4 is 0 Å². The largest absolute Gasteiger partial charge is 0.0880 e. The van der Waals surface area contributed by atoms with Gasteiger partial charge in [-0.05, 0) is 31.1 Å². The molecule has 0 amide bonds. The molecule has 1 aliphatic carbocycles. The molecule has 15 heavy (non-hydrogen) atoms. The summed E-state index contributed by atoms with van der Waals surface area (Å²) in [4.78, 5) is 0. The molecule has 0 aliphatic heterocycles. The minimum absolute atomic E-state index is 0.530. The van der Waals surface area contributed by atoms with Gasteiger partial charge < -0.3 is 0 Å². The Kier molecular flexibility index (Phi) is 6.05. The third-order valence-electron chi connectivity index (χ3n) is 3.74. The zero-order valence-corrected chi connectivity index (χ0v) is 10.7. The molecule has 0 nitrogen and oxygen atoms in total. The molecule has 1 saturated carbocycles. The van der Waals surface area contributed by atoms with Crippen LogP contribution in [0.3, 0.4) is 0 Å². The smallest absolute Gasteiger partial charge is 0.0147 e. The van der Waals surface area contributed by atoms with E-state index in [-0.39, 0.29) is 0 Å². The van der Waals surface area contributed by atoms with Crippen LogP contribution in [0.5, 0.6) is 0 Å². The highest BCUT2D eigenvalue weighted by molar-refractivity contribution is 4.97. The van der Waals surface area contributed by atoms with Crippen LogP contribution in [-0.4, -0.2) is 0 Å². The summed E-state index contributed by atoms with van der Waals surface area (Å²) in [6.07, 6.45) is 19.0. The van der Waals surface area contributed by atoms with Crippen LogP contribution in [0, 0.1) is 5.41 Å². The fraction of sp³-hybridized carbons (Fsp3) is 0.867. The summed E-state index contributed by atoms with van der Waals surface area (Å²) in [5.41, 5.74) is 0.530. The van der Waals surface area contributed by atoms with Crippen LogP contribution >= 0.6 is 0 Å². The maximum absolute atomic E-state index is 2.52. The van der Waals surface area contributed by atoms with Crippen molar-refractivity contribution in [2.75, 3.05) is 0 Å². The molecule has 0 aromatic heterocycles. The third kappa shape index (κ3) is 5.39. The molecule has 0 N–H and O–H groups in total. The highest BCUT2D eigenvalue weighted by Crippen LogP contribution is 2.35. The SMILES string of the molecule is CCCCCC=CC1(C)CCCCCC1. The van der Waals surface area contributed by atoms with Gasteiger partial charge in [0.15, 0.2) is 0 Å². The van der Waals surface area contributed by atoms with Gasteiger partial charge in [0.25, 0.3) is 0 Å². The molecule has 1 fully saturated rings. The Morgan fingerprint density at radius 3 is 2.27 bits per heavy atom. The topological polar surface area (TPSA) is 0 Å². The summed E-state index contributed by atoms with van der Waals surface area (Å²) in [5.74, 6) is 0. The quantitative estimate of drug-likeness (QED) is 0.319. The zero-order valence-electron chi connectivity index (χ0n) is 10.7. The van der Waals surface area contributed by atoms with Gasteiger partial charge in [-0.2, -0.15) is 0 Å². The molecule has 0 aromatic rings. The Morgan fingerprint density at radius 1 is 1.00 bits per heavy atom. The standard InChI is InChI=1S/C15H28/c1-3-4-5-6-9-12-15(2)13-10-7-8-11-14-15/h9,12H,3-8,10-11,13-14H2,1-2H3. The van der Waals surface area contributed by atoms with Crippen LogP contribution in [0.1, 0.15) is 78.1 Å². The minimum Gasteiger partial charge on any atom is -0.0880 e. The first-order chi connectivity index (χ1) is 7.27.